The van der Waals surface area contributed by atoms with Gasteiger partial charge in [0.2, 0.25) is 0 Å². The van der Waals surface area contributed by atoms with Crippen LogP contribution in [-0.2, 0) is 18.5 Å². The van der Waals surface area contributed by atoms with Crippen LogP contribution in [0.1, 0.15) is 13.8 Å². The molecule has 0 aliphatic carbocycles. The zero-order chi connectivity index (χ0) is 12.3. The molecule has 1 heterocycles. The van der Waals surface area contributed by atoms with Crippen LogP contribution >= 0.6 is 17.7 Å². The fraction of sp³-hybridized carbons (Fsp3) is 0.750. The third-order valence-corrected chi connectivity index (χ3v) is 6.08. The van der Waals surface area contributed by atoms with Crippen LogP contribution in [0.4, 0.5) is 9.59 Å². The summed E-state index contributed by atoms with van der Waals surface area (Å²) in [5, 5.41) is 0. The number of carbonyl (C=O) groups is 2. The Kier molecular flexibility index (Phi) is 4.12. The van der Waals surface area contributed by atoms with Crippen molar-refractivity contribution >= 4 is 29.1 Å². The summed E-state index contributed by atoms with van der Waals surface area (Å²) in [5.41, 5.74) is -1.96. The zero-order valence-electron chi connectivity index (χ0n) is 9.10. The summed E-state index contributed by atoms with van der Waals surface area (Å²) < 4.78 is 19.6. The number of ether oxygens (including phenoxy) is 2. The van der Waals surface area contributed by atoms with E-state index in [1.165, 1.54) is 0 Å². The fourth-order valence-electron chi connectivity index (χ4n) is 1.19. The van der Waals surface area contributed by atoms with Gasteiger partial charge in [-0.1, -0.05) is 0 Å². The van der Waals surface area contributed by atoms with Gasteiger partial charge in [-0.3, -0.25) is 0 Å². The van der Waals surface area contributed by atoms with Gasteiger partial charge in [0.15, 0.2) is 0 Å². The van der Waals surface area contributed by atoms with Crippen molar-refractivity contribution in [3.05, 3.63) is 0 Å². The number of hydrogen-bond donors (Lipinski definition) is 0. The van der Waals surface area contributed by atoms with Crippen LogP contribution in [0.3, 0.4) is 0 Å². The molecule has 0 N–H and O–H groups in total. The van der Waals surface area contributed by atoms with E-state index in [2.05, 4.69) is 0 Å². The number of hydrogen-bond acceptors (Lipinski definition) is 6. The fourth-order valence-corrected chi connectivity index (χ4v) is 4.04. The molecule has 0 bridgehead atoms. The first-order chi connectivity index (χ1) is 7.48. The van der Waals surface area contributed by atoms with Crippen molar-refractivity contribution in [2.45, 2.75) is 13.8 Å². The molecule has 0 unspecified atom stereocenters. The van der Waals surface area contributed by atoms with Gasteiger partial charge in [0.05, 0.1) is 0 Å². The van der Waals surface area contributed by atoms with Crippen LogP contribution in [0, 0.1) is 0 Å². The second-order valence-corrected chi connectivity index (χ2v) is 7.73. The van der Waals surface area contributed by atoms with E-state index in [0.29, 0.717) is 0 Å². The second-order valence-electron chi connectivity index (χ2n) is 2.92. The van der Waals surface area contributed by atoms with Crippen LogP contribution in [0.15, 0.2) is 0 Å². The van der Waals surface area contributed by atoms with Gasteiger partial charge in [0, 0.05) is 0 Å². The van der Waals surface area contributed by atoms with Gasteiger partial charge in [0.1, 0.15) is 0 Å². The van der Waals surface area contributed by atoms with Crippen molar-refractivity contribution < 1.29 is 28.1 Å². The molecule has 0 radical (unpaired) electrons. The molecule has 0 amide bonds. The molecule has 1 saturated heterocycles. The molecule has 0 aromatic heterocycles. The van der Waals surface area contributed by atoms with E-state index < -0.39 is 17.8 Å². The quantitative estimate of drug-likeness (QED) is 0.733. The SMILES string of the molecule is CCOC(=O)P1(Cl)(C(=O)OCC)OCCO1. The summed E-state index contributed by atoms with van der Waals surface area (Å²) in [6.45, 7) is 3.49. The minimum atomic E-state index is -4.61. The van der Waals surface area contributed by atoms with Crippen LogP contribution < -0.4 is 0 Å². The maximum absolute atomic E-state index is 11.8. The van der Waals surface area contributed by atoms with E-state index in [-0.39, 0.29) is 26.4 Å². The molecule has 16 heavy (non-hydrogen) atoms. The Labute approximate surface area is 98.0 Å². The second kappa shape index (κ2) is 4.84. The van der Waals surface area contributed by atoms with E-state index in [4.69, 9.17) is 29.8 Å². The van der Waals surface area contributed by atoms with Gasteiger partial charge in [-0.05, 0) is 0 Å². The Bertz CT molecular complexity index is 279. The van der Waals surface area contributed by atoms with Crippen LogP contribution in [0.25, 0.3) is 0 Å². The van der Waals surface area contributed by atoms with Crippen LogP contribution in [-0.4, -0.2) is 37.8 Å². The summed E-state index contributed by atoms with van der Waals surface area (Å²) in [6.07, 6.45) is -4.61. The van der Waals surface area contributed by atoms with Gasteiger partial charge in [0.25, 0.3) is 0 Å². The molecule has 6 nitrogen and oxygen atoms in total. The average molecular weight is 273 g/mol. The maximum atomic E-state index is 11.8. The third kappa shape index (κ3) is 2.02. The van der Waals surface area contributed by atoms with Gasteiger partial charge in [-0.15, -0.1) is 0 Å². The summed E-state index contributed by atoms with van der Waals surface area (Å²) >= 11 is 6.02. The molecule has 8 heteroatoms. The Morgan fingerprint density at radius 1 is 1.12 bits per heavy atom. The predicted octanol–water partition coefficient (Wildman–Crippen LogP) is 2.88. The molecule has 1 rings (SSSR count). The Hall–Kier alpha value is -0.420. The first-order valence-electron chi connectivity index (χ1n) is 4.87. The first kappa shape index (κ1) is 13.6. The topological polar surface area (TPSA) is 71.1 Å². The van der Waals surface area contributed by atoms with E-state index in [0.717, 1.165) is 0 Å². The van der Waals surface area contributed by atoms with Crippen LogP contribution in [0.5, 0.6) is 0 Å². The van der Waals surface area contributed by atoms with E-state index in [1.54, 1.807) is 13.8 Å². The van der Waals surface area contributed by atoms with Gasteiger partial charge >= 0.3 is 97.5 Å². The number of carbonyl (C=O) groups excluding carboxylic acids is 2. The molecule has 1 fully saturated rings. The third-order valence-electron chi connectivity index (χ3n) is 1.88. The molecule has 0 spiro atoms. The minimum absolute atomic E-state index is 0.0684. The van der Waals surface area contributed by atoms with Crippen molar-refractivity contribution in [3.63, 3.8) is 0 Å². The molecule has 1 aliphatic rings. The zero-order valence-corrected chi connectivity index (χ0v) is 10.8. The monoisotopic (exact) mass is 272 g/mol. The predicted molar refractivity (Wildman–Crippen MR) is 58.7 cm³/mol. The molecule has 0 saturated carbocycles. The van der Waals surface area contributed by atoms with E-state index in [9.17, 15) is 9.59 Å². The summed E-state index contributed by atoms with van der Waals surface area (Å²) in [6, 6.07) is 0. The van der Waals surface area contributed by atoms with E-state index >= 15 is 0 Å². The van der Waals surface area contributed by atoms with E-state index in [1.807, 2.05) is 0 Å². The summed E-state index contributed by atoms with van der Waals surface area (Å²) in [7, 11) is 0. The van der Waals surface area contributed by atoms with Gasteiger partial charge < -0.3 is 0 Å². The van der Waals surface area contributed by atoms with Crippen molar-refractivity contribution in [2.24, 2.45) is 0 Å². The molecule has 0 aromatic rings. The van der Waals surface area contributed by atoms with Gasteiger partial charge in [-0.2, -0.15) is 0 Å². The Balaban J connectivity index is 3.02. The van der Waals surface area contributed by atoms with Crippen molar-refractivity contribution in [1.29, 1.82) is 0 Å². The van der Waals surface area contributed by atoms with Gasteiger partial charge in [-0.25, -0.2) is 0 Å². The summed E-state index contributed by atoms with van der Waals surface area (Å²) in [5.74, 6) is 0. The van der Waals surface area contributed by atoms with Crippen LogP contribution in [0.2, 0.25) is 0 Å². The Morgan fingerprint density at radius 2 is 1.50 bits per heavy atom. The first-order valence-corrected chi connectivity index (χ1v) is 7.84. The average Bonchev–Trinajstić information content (AvgIpc) is 2.65. The van der Waals surface area contributed by atoms with Crippen molar-refractivity contribution in [3.8, 4) is 0 Å². The van der Waals surface area contributed by atoms with Crippen molar-refractivity contribution in [1.82, 2.24) is 0 Å². The molecule has 0 atom stereocenters. The molecule has 1 aliphatic heterocycles. The Morgan fingerprint density at radius 3 is 1.81 bits per heavy atom. The normalized spacial score (nSPS) is 24.1. The molecular formula is C8H14ClO6P. The molecule has 94 valence electrons. The summed E-state index contributed by atoms with van der Waals surface area (Å²) in [4.78, 5) is 23.5. The number of rotatable bonds is 4. The van der Waals surface area contributed by atoms with Crippen molar-refractivity contribution in [2.75, 3.05) is 26.4 Å². The molecule has 0 aromatic carbocycles. The molecular weight excluding hydrogens is 259 g/mol. The number of halogens is 1. The standard InChI is InChI=1S/C8H14ClO6P/c1-3-12-7(10)16(9,8(11)13-4-2)14-5-6-15-16/h3-6H2,1-2H3.